The molecule has 0 aliphatic heterocycles. The molecule has 13 heteroatoms. The lowest BCUT2D eigenvalue weighted by atomic mass is 10.1. The summed E-state index contributed by atoms with van der Waals surface area (Å²) >= 11 is 0. The Kier molecular flexibility index (Phi) is 13.4. The van der Waals surface area contributed by atoms with Crippen molar-refractivity contribution >= 4 is 23.8 Å². The van der Waals surface area contributed by atoms with Gasteiger partial charge in [0.2, 0.25) is 17.8 Å². The highest BCUT2D eigenvalue weighted by Crippen LogP contribution is 2.15. The van der Waals surface area contributed by atoms with Crippen molar-refractivity contribution in [2.75, 3.05) is 75.7 Å². The lowest BCUT2D eigenvalue weighted by Gasteiger charge is -2.12. The number of aliphatic hydroxyl groups is 1. The normalized spacial score (nSPS) is 10.7. The molecule has 1 aromatic heterocycles. The maximum Gasteiger partial charge on any atom is 0.251 e. The van der Waals surface area contributed by atoms with E-state index in [9.17, 15) is 4.79 Å². The zero-order valence-electron chi connectivity index (χ0n) is 22.7. The molecule has 216 valence electrons. The molecule has 13 nitrogen and oxygen atoms in total. The molecule has 1 amide bonds. The van der Waals surface area contributed by atoms with Crippen LogP contribution in [0.4, 0.5) is 17.8 Å². The molecule has 0 unspecified atom stereocenters. The number of carbonyl (C=O) groups is 1. The van der Waals surface area contributed by atoms with Crippen LogP contribution in [0.15, 0.2) is 48.5 Å². The van der Waals surface area contributed by atoms with Crippen LogP contribution < -0.4 is 31.7 Å². The zero-order valence-corrected chi connectivity index (χ0v) is 22.7. The Morgan fingerprint density at radius 3 is 2.12 bits per heavy atom. The third kappa shape index (κ3) is 11.0. The van der Waals surface area contributed by atoms with E-state index in [-0.39, 0.29) is 12.5 Å². The zero-order chi connectivity index (χ0) is 28.4. The van der Waals surface area contributed by atoms with Crippen molar-refractivity contribution in [1.29, 1.82) is 0 Å². The third-order valence-corrected chi connectivity index (χ3v) is 5.45. The summed E-state index contributed by atoms with van der Waals surface area (Å²) in [5.74, 6) is 1.66. The predicted molar refractivity (Wildman–Crippen MR) is 153 cm³/mol. The first kappa shape index (κ1) is 30.5. The highest BCUT2D eigenvalue weighted by molar-refractivity contribution is 5.94. The van der Waals surface area contributed by atoms with Gasteiger partial charge in [-0.2, -0.15) is 15.0 Å². The molecule has 2 aromatic carbocycles. The van der Waals surface area contributed by atoms with E-state index in [0.717, 1.165) is 16.9 Å². The van der Waals surface area contributed by atoms with E-state index < -0.39 is 0 Å². The molecule has 3 aromatic rings. The molecule has 0 saturated heterocycles. The second kappa shape index (κ2) is 17.5. The van der Waals surface area contributed by atoms with Crippen LogP contribution in [0.2, 0.25) is 0 Å². The van der Waals surface area contributed by atoms with Crippen LogP contribution >= 0.6 is 0 Å². The fourth-order valence-electron chi connectivity index (χ4n) is 3.44. The van der Waals surface area contributed by atoms with Gasteiger partial charge in [0, 0.05) is 38.3 Å². The number of aliphatic hydroxyl groups excluding tert-OH is 1. The number of ether oxygens (including phenoxy) is 3. The molecule has 0 saturated carbocycles. The molecule has 40 heavy (non-hydrogen) atoms. The molecule has 0 fully saturated rings. The number of nitrogens with zero attached hydrogens (tertiary/aromatic N) is 3. The van der Waals surface area contributed by atoms with E-state index in [1.165, 1.54) is 0 Å². The minimum Gasteiger partial charge on any atom is -0.497 e. The third-order valence-electron chi connectivity index (χ3n) is 5.45. The van der Waals surface area contributed by atoms with Gasteiger partial charge in [-0.3, -0.25) is 4.79 Å². The number of nitrogens with one attached hydrogen (secondary N) is 4. The number of hydrogen-bond acceptors (Lipinski definition) is 12. The van der Waals surface area contributed by atoms with Gasteiger partial charge in [0.05, 0.1) is 40.1 Å². The molecule has 1 heterocycles. The summed E-state index contributed by atoms with van der Waals surface area (Å²) in [5, 5.41) is 21.4. The van der Waals surface area contributed by atoms with Crippen LogP contribution in [0, 0.1) is 0 Å². The summed E-state index contributed by atoms with van der Waals surface area (Å²) in [6, 6.07) is 14.9. The van der Waals surface area contributed by atoms with Crippen molar-refractivity contribution in [3.63, 3.8) is 0 Å². The number of amides is 1. The topological polar surface area (TPSA) is 178 Å². The van der Waals surface area contributed by atoms with Crippen molar-refractivity contribution < 1.29 is 24.1 Å². The summed E-state index contributed by atoms with van der Waals surface area (Å²) < 4.78 is 15.9. The lowest BCUT2D eigenvalue weighted by Crippen LogP contribution is -2.27. The number of rotatable bonds is 19. The summed E-state index contributed by atoms with van der Waals surface area (Å²) in [6.45, 7) is 3.89. The lowest BCUT2D eigenvalue weighted by molar-refractivity contribution is 0.0511. The minimum atomic E-state index is -0.175. The van der Waals surface area contributed by atoms with Crippen LogP contribution in [0.25, 0.3) is 0 Å². The smallest absolute Gasteiger partial charge is 0.251 e. The van der Waals surface area contributed by atoms with E-state index in [2.05, 4.69) is 36.2 Å². The quantitative estimate of drug-likeness (QED) is 0.117. The van der Waals surface area contributed by atoms with Crippen molar-refractivity contribution in [3.8, 4) is 5.75 Å². The van der Waals surface area contributed by atoms with Gasteiger partial charge in [0.1, 0.15) is 5.75 Å². The van der Waals surface area contributed by atoms with E-state index in [0.29, 0.717) is 82.6 Å². The number of methoxy groups -OCH3 is 1. The summed E-state index contributed by atoms with van der Waals surface area (Å²) in [7, 11) is 1.62. The van der Waals surface area contributed by atoms with Gasteiger partial charge in [0.15, 0.2) is 0 Å². The maximum atomic E-state index is 12.4. The second-order valence-corrected chi connectivity index (χ2v) is 8.48. The van der Waals surface area contributed by atoms with Gasteiger partial charge in [-0.15, -0.1) is 0 Å². The van der Waals surface area contributed by atoms with Crippen LogP contribution in [-0.4, -0.2) is 85.7 Å². The Labute approximate surface area is 233 Å². The SMILES string of the molecule is COc1cccc(CNc2nc(NCCO)nc(NCc3ccc(C(=O)NCCOCCOCCN)cc3)n2)c1. The summed E-state index contributed by atoms with van der Waals surface area (Å²) in [5.41, 5.74) is 7.85. The molecule has 0 aliphatic carbocycles. The highest BCUT2D eigenvalue weighted by Gasteiger charge is 2.09. The standard InChI is InChI=1S/C27H38N8O5/c1-38-23-4-2-3-21(17-23)19-32-27-34-25(30-10-12-36)33-26(35-27)31-18-20-5-7-22(8-6-20)24(37)29-11-14-40-16-15-39-13-9-28/h2-8,17,36H,9-16,18-19,28H2,1H3,(H,29,37)(H3,30,31,32,33,34,35). The average molecular weight is 555 g/mol. The van der Waals surface area contributed by atoms with Crippen molar-refractivity contribution in [3.05, 3.63) is 65.2 Å². The molecule has 7 N–H and O–H groups in total. The number of nitrogens with two attached hydrogens (primary N) is 1. The number of benzene rings is 2. The van der Waals surface area contributed by atoms with E-state index >= 15 is 0 Å². The Morgan fingerprint density at radius 2 is 1.48 bits per heavy atom. The van der Waals surface area contributed by atoms with Crippen LogP contribution in [0.5, 0.6) is 5.75 Å². The van der Waals surface area contributed by atoms with Crippen molar-refractivity contribution in [1.82, 2.24) is 20.3 Å². The Morgan fingerprint density at radius 1 is 0.825 bits per heavy atom. The molecular weight excluding hydrogens is 516 g/mol. The summed E-state index contributed by atoms with van der Waals surface area (Å²) in [4.78, 5) is 25.6. The molecular formula is C27H38N8O5. The van der Waals surface area contributed by atoms with Gasteiger partial charge in [-0.05, 0) is 35.4 Å². The molecule has 0 aliphatic rings. The van der Waals surface area contributed by atoms with Crippen molar-refractivity contribution in [2.45, 2.75) is 13.1 Å². The molecule has 0 bridgehead atoms. The summed E-state index contributed by atoms with van der Waals surface area (Å²) in [6.07, 6.45) is 0. The van der Waals surface area contributed by atoms with Gasteiger partial charge in [-0.1, -0.05) is 24.3 Å². The average Bonchev–Trinajstić information content (AvgIpc) is 2.99. The first-order chi connectivity index (χ1) is 19.6. The van der Waals surface area contributed by atoms with E-state index in [1.54, 1.807) is 19.2 Å². The molecule has 0 spiro atoms. The largest absolute Gasteiger partial charge is 0.497 e. The monoisotopic (exact) mass is 554 g/mol. The van der Waals surface area contributed by atoms with Gasteiger partial charge < -0.3 is 46.3 Å². The number of hydrogen-bond donors (Lipinski definition) is 6. The number of anilines is 3. The van der Waals surface area contributed by atoms with Gasteiger partial charge in [-0.25, -0.2) is 0 Å². The highest BCUT2D eigenvalue weighted by atomic mass is 16.5. The van der Waals surface area contributed by atoms with Crippen LogP contribution in [0.3, 0.4) is 0 Å². The molecule has 3 rings (SSSR count). The number of aromatic nitrogens is 3. The Hall–Kier alpha value is -4.04. The van der Waals surface area contributed by atoms with Crippen LogP contribution in [0.1, 0.15) is 21.5 Å². The van der Waals surface area contributed by atoms with E-state index in [1.807, 2.05) is 36.4 Å². The van der Waals surface area contributed by atoms with E-state index in [4.69, 9.17) is 25.1 Å². The second-order valence-electron chi connectivity index (χ2n) is 8.48. The number of carbonyl (C=O) groups excluding carboxylic acids is 1. The van der Waals surface area contributed by atoms with Gasteiger partial charge in [0.25, 0.3) is 5.91 Å². The fraction of sp³-hybridized carbons (Fsp3) is 0.407. The Balaban J connectivity index is 1.50. The predicted octanol–water partition coefficient (Wildman–Crippen LogP) is 1.23. The van der Waals surface area contributed by atoms with Gasteiger partial charge >= 0.3 is 0 Å². The molecule has 0 atom stereocenters. The fourth-order valence-corrected chi connectivity index (χ4v) is 3.44. The van der Waals surface area contributed by atoms with Crippen LogP contribution in [-0.2, 0) is 22.6 Å². The molecule has 0 radical (unpaired) electrons. The van der Waals surface area contributed by atoms with Crippen molar-refractivity contribution in [2.24, 2.45) is 5.73 Å². The first-order valence-corrected chi connectivity index (χ1v) is 13.1. The first-order valence-electron chi connectivity index (χ1n) is 13.1. The Bertz CT molecular complexity index is 1170. The maximum absolute atomic E-state index is 12.4. The minimum absolute atomic E-state index is 0.0574.